The van der Waals surface area contributed by atoms with E-state index in [1.807, 2.05) is 0 Å². The quantitative estimate of drug-likeness (QED) is 0.808. The molecule has 1 fully saturated rings. The molecule has 0 radical (unpaired) electrons. The number of rotatable bonds is 4. The maximum absolute atomic E-state index is 13.2. The third kappa shape index (κ3) is 4.24. The summed E-state index contributed by atoms with van der Waals surface area (Å²) in [7, 11) is 0. The summed E-state index contributed by atoms with van der Waals surface area (Å²) in [5, 5.41) is 2.42. The van der Waals surface area contributed by atoms with Gasteiger partial charge in [-0.05, 0) is 18.9 Å². The van der Waals surface area contributed by atoms with Crippen molar-refractivity contribution in [2.45, 2.75) is 32.6 Å². The number of hydrogen-bond donors (Lipinski definition) is 1. The molecule has 0 spiro atoms. The Morgan fingerprint density at radius 1 is 1.24 bits per heavy atom. The van der Waals surface area contributed by atoms with Crippen LogP contribution in [0.3, 0.4) is 0 Å². The summed E-state index contributed by atoms with van der Waals surface area (Å²) in [5.41, 5.74) is -2.76. The first-order valence-electron chi connectivity index (χ1n) is 6.52. The van der Waals surface area contributed by atoms with Crippen LogP contribution < -0.4 is 5.32 Å². The number of hydrogen-bond acceptors (Lipinski definition) is 2. The van der Waals surface area contributed by atoms with Crippen LogP contribution in [0.15, 0.2) is 0 Å². The van der Waals surface area contributed by atoms with Crippen LogP contribution in [0.2, 0.25) is 0 Å². The highest BCUT2D eigenvalue weighted by Gasteiger charge is 2.62. The number of halogens is 6. The van der Waals surface area contributed by atoms with Crippen molar-refractivity contribution in [1.82, 2.24) is 10.2 Å². The van der Waals surface area contributed by atoms with Gasteiger partial charge >= 0.3 is 12.4 Å². The maximum Gasteiger partial charge on any atom is 0.406 e. The van der Waals surface area contributed by atoms with E-state index in [4.69, 9.17) is 0 Å². The van der Waals surface area contributed by atoms with Gasteiger partial charge in [-0.25, -0.2) is 0 Å². The van der Waals surface area contributed by atoms with E-state index in [-0.39, 0.29) is 23.9 Å². The van der Waals surface area contributed by atoms with Gasteiger partial charge in [0.2, 0.25) is 5.91 Å². The number of carbonyl (C=O) groups excluding carboxylic acids is 1. The number of alkyl halides is 6. The average Bonchev–Trinajstić information content (AvgIpc) is 2.73. The predicted octanol–water partition coefficient (Wildman–Crippen LogP) is 2.58. The third-order valence-electron chi connectivity index (χ3n) is 3.35. The Bertz CT molecular complexity index is 371. The standard InChI is InChI=1S/C12H18F6N2O/c1-8(2)5-20(7-11(13,14)15)9(21)10(12(16,17)18)3-4-19-6-10/h8,19H,3-7H2,1-2H3. The van der Waals surface area contributed by atoms with Crippen molar-refractivity contribution in [1.29, 1.82) is 0 Å². The summed E-state index contributed by atoms with van der Waals surface area (Å²) in [6, 6.07) is 0. The van der Waals surface area contributed by atoms with Crippen LogP contribution in [0.5, 0.6) is 0 Å². The Balaban J connectivity index is 3.07. The van der Waals surface area contributed by atoms with Crippen molar-refractivity contribution in [2.75, 3.05) is 26.2 Å². The Kier molecular flexibility index (Phi) is 5.18. The largest absolute Gasteiger partial charge is 0.406 e. The lowest BCUT2D eigenvalue weighted by Gasteiger charge is -2.36. The summed E-state index contributed by atoms with van der Waals surface area (Å²) >= 11 is 0. The zero-order valence-electron chi connectivity index (χ0n) is 11.7. The van der Waals surface area contributed by atoms with Crippen molar-refractivity contribution < 1.29 is 31.1 Å². The van der Waals surface area contributed by atoms with Crippen LogP contribution in [0.25, 0.3) is 0 Å². The minimum absolute atomic E-state index is 0.0488. The van der Waals surface area contributed by atoms with E-state index in [9.17, 15) is 31.1 Å². The van der Waals surface area contributed by atoms with Gasteiger partial charge in [0.15, 0.2) is 5.41 Å². The normalized spacial score (nSPS) is 23.7. The van der Waals surface area contributed by atoms with Crippen LogP contribution in [0.1, 0.15) is 20.3 Å². The number of amides is 1. The number of nitrogens with one attached hydrogen (secondary N) is 1. The molecule has 1 rings (SSSR count). The van der Waals surface area contributed by atoms with Gasteiger partial charge in [0.25, 0.3) is 0 Å². The van der Waals surface area contributed by atoms with Gasteiger partial charge in [0, 0.05) is 13.1 Å². The van der Waals surface area contributed by atoms with Crippen molar-refractivity contribution in [3.63, 3.8) is 0 Å². The molecule has 124 valence electrons. The second-order valence-corrected chi connectivity index (χ2v) is 5.70. The smallest absolute Gasteiger partial charge is 0.333 e. The summed E-state index contributed by atoms with van der Waals surface area (Å²) in [6.07, 6.45) is -10.2. The first-order chi connectivity index (χ1) is 9.39. The molecular weight excluding hydrogens is 302 g/mol. The van der Waals surface area contributed by atoms with E-state index >= 15 is 0 Å². The molecule has 1 aliphatic heterocycles. The third-order valence-corrected chi connectivity index (χ3v) is 3.35. The predicted molar refractivity (Wildman–Crippen MR) is 63.4 cm³/mol. The molecule has 1 atom stereocenters. The summed E-state index contributed by atoms with van der Waals surface area (Å²) in [6.45, 7) is 0.334. The van der Waals surface area contributed by atoms with Gasteiger partial charge in [-0.15, -0.1) is 0 Å². The molecule has 0 aliphatic carbocycles. The molecule has 0 aromatic rings. The Hall–Kier alpha value is -0.990. The van der Waals surface area contributed by atoms with Crippen LogP contribution >= 0.6 is 0 Å². The molecule has 1 heterocycles. The van der Waals surface area contributed by atoms with Crippen LogP contribution in [0.4, 0.5) is 26.3 Å². The lowest BCUT2D eigenvalue weighted by molar-refractivity contribution is -0.226. The molecule has 21 heavy (non-hydrogen) atoms. The molecule has 1 saturated heterocycles. The monoisotopic (exact) mass is 320 g/mol. The molecule has 0 bridgehead atoms. The molecule has 1 amide bonds. The molecule has 0 saturated carbocycles. The molecule has 0 aromatic carbocycles. The van der Waals surface area contributed by atoms with Crippen molar-refractivity contribution in [3.8, 4) is 0 Å². The van der Waals surface area contributed by atoms with Gasteiger partial charge < -0.3 is 10.2 Å². The van der Waals surface area contributed by atoms with Crippen LogP contribution in [-0.2, 0) is 4.79 Å². The van der Waals surface area contributed by atoms with E-state index in [0.717, 1.165) is 0 Å². The van der Waals surface area contributed by atoms with Crippen molar-refractivity contribution in [2.24, 2.45) is 11.3 Å². The Morgan fingerprint density at radius 3 is 2.14 bits per heavy atom. The molecular formula is C12H18F6N2O. The lowest BCUT2D eigenvalue weighted by Crippen LogP contribution is -2.56. The van der Waals surface area contributed by atoms with E-state index in [1.165, 1.54) is 0 Å². The topological polar surface area (TPSA) is 32.3 Å². The van der Waals surface area contributed by atoms with E-state index < -0.39 is 43.2 Å². The van der Waals surface area contributed by atoms with Crippen molar-refractivity contribution >= 4 is 5.91 Å². The number of carbonyl (C=O) groups is 1. The van der Waals surface area contributed by atoms with Crippen molar-refractivity contribution in [3.05, 3.63) is 0 Å². The highest BCUT2D eigenvalue weighted by atomic mass is 19.4. The zero-order valence-corrected chi connectivity index (χ0v) is 11.7. The summed E-state index contributed by atoms with van der Waals surface area (Å²) in [5.74, 6) is -1.86. The van der Waals surface area contributed by atoms with Gasteiger partial charge in [-0.1, -0.05) is 13.8 Å². The van der Waals surface area contributed by atoms with Gasteiger partial charge in [-0.3, -0.25) is 4.79 Å². The second-order valence-electron chi connectivity index (χ2n) is 5.70. The minimum Gasteiger partial charge on any atom is -0.333 e. The molecule has 9 heteroatoms. The molecule has 0 aromatic heterocycles. The zero-order chi connectivity index (χ0) is 16.5. The van der Waals surface area contributed by atoms with E-state index in [2.05, 4.69) is 5.32 Å². The fraction of sp³-hybridized carbons (Fsp3) is 0.917. The maximum atomic E-state index is 13.2. The molecule has 3 nitrogen and oxygen atoms in total. The molecule has 1 aliphatic rings. The minimum atomic E-state index is -4.88. The van der Waals surface area contributed by atoms with E-state index in [1.54, 1.807) is 13.8 Å². The fourth-order valence-corrected chi connectivity index (χ4v) is 2.42. The molecule has 1 N–H and O–H groups in total. The summed E-state index contributed by atoms with van der Waals surface area (Å²) < 4.78 is 77.3. The first-order valence-corrected chi connectivity index (χ1v) is 6.52. The van der Waals surface area contributed by atoms with E-state index in [0.29, 0.717) is 0 Å². The van der Waals surface area contributed by atoms with Crippen LogP contribution in [0, 0.1) is 11.3 Å². The Morgan fingerprint density at radius 2 is 1.81 bits per heavy atom. The molecule has 1 unspecified atom stereocenters. The van der Waals surface area contributed by atoms with Crippen LogP contribution in [-0.4, -0.2) is 49.3 Å². The highest BCUT2D eigenvalue weighted by molar-refractivity contribution is 5.84. The lowest BCUT2D eigenvalue weighted by atomic mass is 9.84. The second kappa shape index (κ2) is 6.02. The first kappa shape index (κ1) is 18.1. The summed E-state index contributed by atoms with van der Waals surface area (Å²) in [4.78, 5) is 12.5. The van der Waals surface area contributed by atoms with Gasteiger partial charge in [0.05, 0.1) is 0 Å². The highest BCUT2D eigenvalue weighted by Crippen LogP contribution is 2.44. The number of nitrogens with zero attached hydrogens (tertiary/aromatic N) is 1. The fourth-order valence-electron chi connectivity index (χ4n) is 2.42. The Labute approximate surface area is 118 Å². The SMILES string of the molecule is CC(C)CN(CC(F)(F)F)C(=O)C1(C(F)(F)F)CCNC1. The average molecular weight is 320 g/mol. The van der Waals surface area contributed by atoms with Gasteiger partial charge in [-0.2, -0.15) is 26.3 Å². The van der Waals surface area contributed by atoms with Gasteiger partial charge in [0.1, 0.15) is 6.54 Å².